The zero-order valence-corrected chi connectivity index (χ0v) is 7.74. The van der Waals surface area contributed by atoms with Gasteiger partial charge >= 0.3 is 0 Å². The number of aliphatic hydroxyl groups excluding tert-OH is 2. The number of nitrogens with zero attached hydrogens (tertiary/aromatic N) is 1. The topological polar surface area (TPSA) is 43.7 Å². The van der Waals surface area contributed by atoms with Crippen molar-refractivity contribution in [2.75, 3.05) is 19.7 Å². The van der Waals surface area contributed by atoms with Gasteiger partial charge in [0.1, 0.15) is 0 Å². The summed E-state index contributed by atoms with van der Waals surface area (Å²) in [5, 5.41) is 18.4. The molecule has 0 aliphatic carbocycles. The van der Waals surface area contributed by atoms with Crippen molar-refractivity contribution in [1.29, 1.82) is 0 Å². The van der Waals surface area contributed by atoms with E-state index >= 15 is 0 Å². The molecule has 0 amide bonds. The van der Waals surface area contributed by atoms with Crippen LogP contribution in [0.5, 0.6) is 0 Å². The predicted octanol–water partition coefficient (Wildman–Crippen LogP) is 0.214. The highest BCUT2D eigenvalue weighted by Gasteiger charge is 2.24. The molecule has 0 aromatic rings. The molecule has 72 valence electrons. The maximum absolute atomic E-state index is 9.41. The van der Waals surface area contributed by atoms with Gasteiger partial charge in [-0.3, -0.25) is 4.90 Å². The summed E-state index contributed by atoms with van der Waals surface area (Å²) in [7, 11) is 0. The lowest BCUT2D eigenvalue weighted by Crippen LogP contribution is -2.37. The lowest BCUT2D eigenvalue weighted by atomic mass is 10.2. The summed E-state index contributed by atoms with van der Waals surface area (Å²) in [5.41, 5.74) is 0. The molecule has 2 N–H and O–H groups in total. The van der Waals surface area contributed by atoms with Gasteiger partial charge in [0.15, 0.2) is 0 Å². The second-order valence-corrected chi connectivity index (χ2v) is 3.54. The third kappa shape index (κ3) is 2.44. The fraction of sp³-hybridized carbons (Fsp3) is 1.00. The van der Waals surface area contributed by atoms with Crippen molar-refractivity contribution in [3.05, 3.63) is 0 Å². The van der Waals surface area contributed by atoms with E-state index in [-0.39, 0.29) is 12.7 Å². The quantitative estimate of drug-likeness (QED) is 0.639. The largest absolute Gasteiger partial charge is 0.395 e. The Labute approximate surface area is 74.0 Å². The molecule has 2 atom stereocenters. The van der Waals surface area contributed by atoms with Gasteiger partial charge in [-0.15, -0.1) is 0 Å². The van der Waals surface area contributed by atoms with Crippen LogP contribution in [0.4, 0.5) is 0 Å². The lowest BCUT2D eigenvalue weighted by molar-refractivity contribution is 0.0830. The Morgan fingerprint density at radius 2 is 2.33 bits per heavy atom. The monoisotopic (exact) mass is 173 g/mol. The van der Waals surface area contributed by atoms with E-state index in [0.717, 1.165) is 32.4 Å². The molecule has 1 aliphatic rings. The molecule has 0 aromatic carbocycles. The van der Waals surface area contributed by atoms with E-state index in [4.69, 9.17) is 5.11 Å². The Kier molecular flexibility index (Phi) is 3.98. The van der Waals surface area contributed by atoms with Crippen LogP contribution < -0.4 is 0 Å². The third-order valence-corrected chi connectivity index (χ3v) is 2.63. The number of β-amino-alcohol motifs (C(OH)–C–C–N with tert-alkyl or cyclic N) is 1. The Hall–Kier alpha value is -0.120. The third-order valence-electron chi connectivity index (χ3n) is 2.63. The Bertz CT molecular complexity index is 130. The Morgan fingerprint density at radius 3 is 2.92 bits per heavy atom. The first kappa shape index (κ1) is 9.96. The van der Waals surface area contributed by atoms with Crippen molar-refractivity contribution in [3.8, 4) is 0 Å². The van der Waals surface area contributed by atoms with Crippen LogP contribution in [0.1, 0.15) is 26.2 Å². The molecule has 1 heterocycles. The van der Waals surface area contributed by atoms with Crippen LogP contribution in [0.3, 0.4) is 0 Å². The molecule has 3 nitrogen and oxygen atoms in total. The van der Waals surface area contributed by atoms with Crippen LogP contribution in [0.25, 0.3) is 0 Å². The smallest absolute Gasteiger partial charge is 0.0664 e. The van der Waals surface area contributed by atoms with Crippen molar-refractivity contribution >= 4 is 0 Å². The highest BCUT2D eigenvalue weighted by Crippen LogP contribution is 2.16. The molecule has 1 fully saturated rings. The molecule has 1 aliphatic heterocycles. The van der Waals surface area contributed by atoms with Crippen molar-refractivity contribution in [2.45, 2.75) is 38.3 Å². The van der Waals surface area contributed by atoms with Gasteiger partial charge < -0.3 is 10.2 Å². The van der Waals surface area contributed by atoms with E-state index < -0.39 is 0 Å². The summed E-state index contributed by atoms with van der Waals surface area (Å²) < 4.78 is 0. The molecule has 1 rings (SSSR count). The van der Waals surface area contributed by atoms with Crippen LogP contribution in [-0.2, 0) is 0 Å². The zero-order valence-electron chi connectivity index (χ0n) is 7.74. The van der Waals surface area contributed by atoms with Crippen LogP contribution in [-0.4, -0.2) is 47.0 Å². The highest BCUT2D eigenvalue weighted by molar-refractivity contribution is 4.79. The maximum Gasteiger partial charge on any atom is 0.0664 e. The number of rotatable bonds is 4. The Balaban J connectivity index is 2.30. The van der Waals surface area contributed by atoms with Gasteiger partial charge in [0.05, 0.1) is 12.7 Å². The number of aliphatic hydroxyl groups is 2. The average Bonchev–Trinajstić information content (AvgIpc) is 2.51. The van der Waals surface area contributed by atoms with Crippen molar-refractivity contribution in [2.24, 2.45) is 0 Å². The van der Waals surface area contributed by atoms with E-state index in [1.54, 1.807) is 0 Å². The molecule has 0 spiro atoms. The van der Waals surface area contributed by atoms with E-state index in [9.17, 15) is 5.11 Å². The Morgan fingerprint density at radius 1 is 1.58 bits per heavy atom. The summed E-state index contributed by atoms with van der Waals surface area (Å²) >= 11 is 0. The molecule has 2 unspecified atom stereocenters. The van der Waals surface area contributed by atoms with Crippen LogP contribution in [0.2, 0.25) is 0 Å². The summed E-state index contributed by atoms with van der Waals surface area (Å²) in [6.45, 7) is 3.97. The highest BCUT2D eigenvalue weighted by atomic mass is 16.3. The van der Waals surface area contributed by atoms with E-state index in [2.05, 4.69) is 4.90 Å². The van der Waals surface area contributed by atoms with Gasteiger partial charge in [-0.25, -0.2) is 0 Å². The second kappa shape index (κ2) is 4.80. The fourth-order valence-corrected chi connectivity index (χ4v) is 1.74. The lowest BCUT2D eigenvalue weighted by Gasteiger charge is -2.24. The second-order valence-electron chi connectivity index (χ2n) is 3.54. The van der Waals surface area contributed by atoms with Gasteiger partial charge in [0.25, 0.3) is 0 Å². The SMILES string of the molecule is CCC(O)CN1CCCC1CO. The van der Waals surface area contributed by atoms with Gasteiger partial charge in [0.2, 0.25) is 0 Å². The minimum absolute atomic E-state index is 0.225. The van der Waals surface area contributed by atoms with E-state index in [0.29, 0.717) is 6.04 Å². The molecule has 1 saturated heterocycles. The maximum atomic E-state index is 9.41. The van der Waals surface area contributed by atoms with Crippen LogP contribution in [0.15, 0.2) is 0 Å². The summed E-state index contributed by atoms with van der Waals surface area (Å²) in [5.74, 6) is 0. The molecule has 0 radical (unpaired) electrons. The van der Waals surface area contributed by atoms with Crippen molar-refractivity contribution in [3.63, 3.8) is 0 Å². The summed E-state index contributed by atoms with van der Waals surface area (Å²) in [4.78, 5) is 2.19. The predicted molar refractivity (Wildman–Crippen MR) is 48.0 cm³/mol. The molecular weight excluding hydrogens is 154 g/mol. The average molecular weight is 173 g/mol. The first-order chi connectivity index (χ1) is 5.77. The molecule has 3 heteroatoms. The molecular formula is C9H19NO2. The van der Waals surface area contributed by atoms with Gasteiger partial charge in [-0.1, -0.05) is 6.92 Å². The number of hydrogen-bond donors (Lipinski definition) is 2. The molecule has 0 aromatic heterocycles. The van der Waals surface area contributed by atoms with Crippen LogP contribution in [0, 0.1) is 0 Å². The van der Waals surface area contributed by atoms with E-state index in [1.165, 1.54) is 0 Å². The first-order valence-corrected chi connectivity index (χ1v) is 4.81. The summed E-state index contributed by atoms with van der Waals surface area (Å²) in [6, 6.07) is 0.297. The minimum atomic E-state index is -0.225. The molecule has 12 heavy (non-hydrogen) atoms. The molecule has 0 bridgehead atoms. The number of likely N-dealkylation sites (tertiary alicyclic amines) is 1. The van der Waals surface area contributed by atoms with Gasteiger partial charge in [-0.2, -0.15) is 0 Å². The van der Waals surface area contributed by atoms with Gasteiger partial charge in [-0.05, 0) is 25.8 Å². The van der Waals surface area contributed by atoms with Crippen molar-refractivity contribution in [1.82, 2.24) is 4.90 Å². The summed E-state index contributed by atoms with van der Waals surface area (Å²) in [6.07, 6.45) is 2.81. The number of hydrogen-bond acceptors (Lipinski definition) is 3. The minimum Gasteiger partial charge on any atom is -0.395 e. The first-order valence-electron chi connectivity index (χ1n) is 4.81. The fourth-order valence-electron chi connectivity index (χ4n) is 1.74. The molecule has 0 saturated carbocycles. The van der Waals surface area contributed by atoms with Gasteiger partial charge in [0, 0.05) is 12.6 Å². The normalized spacial score (nSPS) is 27.8. The van der Waals surface area contributed by atoms with Crippen LogP contribution >= 0.6 is 0 Å². The van der Waals surface area contributed by atoms with E-state index in [1.807, 2.05) is 6.92 Å². The standard InChI is InChI=1S/C9H19NO2/c1-2-9(12)6-10-5-3-4-8(10)7-11/h8-9,11-12H,2-7H2,1H3. The zero-order chi connectivity index (χ0) is 8.97. The van der Waals surface area contributed by atoms with Crippen molar-refractivity contribution < 1.29 is 10.2 Å².